The SMILES string of the molecule is CCNC(=NCc1ccsc1)NCc1cccc(OCC(=O)NC2CC2)c1. The summed E-state index contributed by atoms with van der Waals surface area (Å²) in [6.07, 6.45) is 2.16. The number of carbonyl (C=O) groups is 1. The number of benzene rings is 1. The van der Waals surface area contributed by atoms with Crippen molar-refractivity contribution in [2.75, 3.05) is 13.2 Å². The molecule has 1 aliphatic rings. The smallest absolute Gasteiger partial charge is 0.258 e. The van der Waals surface area contributed by atoms with E-state index in [1.54, 1.807) is 11.3 Å². The van der Waals surface area contributed by atoms with Gasteiger partial charge in [-0.25, -0.2) is 4.99 Å². The lowest BCUT2D eigenvalue weighted by Gasteiger charge is -2.12. The second-order valence-electron chi connectivity index (χ2n) is 6.46. The fourth-order valence-electron chi connectivity index (χ4n) is 2.47. The summed E-state index contributed by atoms with van der Waals surface area (Å²) in [5.74, 6) is 1.41. The van der Waals surface area contributed by atoms with Gasteiger partial charge in [0.1, 0.15) is 5.75 Å². The van der Waals surface area contributed by atoms with Crippen LogP contribution in [0.3, 0.4) is 0 Å². The van der Waals surface area contributed by atoms with E-state index in [1.807, 2.05) is 31.2 Å². The predicted molar refractivity (Wildman–Crippen MR) is 109 cm³/mol. The van der Waals surface area contributed by atoms with E-state index in [2.05, 4.69) is 37.8 Å². The maximum Gasteiger partial charge on any atom is 0.258 e. The van der Waals surface area contributed by atoms with Crippen LogP contribution in [0.25, 0.3) is 0 Å². The number of nitrogens with zero attached hydrogens (tertiary/aromatic N) is 1. The first-order valence-corrected chi connectivity index (χ1v) is 10.2. The minimum atomic E-state index is -0.0592. The molecule has 144 valence electrons. The minimum Gasteiger partial charge on any atom is -0.484 e. The zero-order valence-electron chi connectivity index (χ0n) is 15.5. The average molecular weight is 387 g/mol. The first-order valence-electron chi connectivity index (χ1n) is 9.27. The Kier molecular flexibility index (Phi) is 7.10. The lowest BCUT2D eigenvalue weighted by Crippen LogP contribution is -2.36. The molecule has 1 aromatic carbocycles. The van der Waals surface area contributed by atoms with Gasteiger partial charge in [-0.2, -0.15) is 11.3 Å². The maximum atomic E-state index is 11.7. The standard InChI is InChI=1S/C20H26N4O2S/c1-2-21-20(23-12-16-8-9-27-14-16)22-11-15-4-3-5-18(10-15)26-13-19(25)24-17-6-7-17/h3-5,8-10,14,17H,2,6-7,11-13H2,1H3,(H,24,25)(H2,21,22,23). The van der Waals surface area contributed by atoms with E-state index in [-0.39, 0.29) is 12.5 Å². The van der Waals surface area contributed by atoms with Crippen LogP contribution in [0, 0.1) is 0 Å². The lowest BCUT2D eigenvalue weighted by atomic mass is 10.2. The van der Waals surface area contributed by atoms with E-state index in [9.17, 15) is 4.79 Å². The Hall–Kier alpha value is -2.54. The van der Waals surface area contributed by atoms with Crippen LogP contribution in [0.4, 0.5) is 0 Å². The third kappa shape index (κ3) is 6.94. The van der Waals surface area contributed by atoms with Gasteiger partial charge in [0.25, 0.3) is 5.91 Å². The van der Waals surface area contributed by atoms with Crippen molar-refractivity contribution >= 4 is 23.2 Å². The van der Waals surface area contributed by atoms with Gasteiger partial charge in [-0.3, -0.25) is 4.79 Å². The fraction of sp³-hybridized carbons (Fsp3) is 0.400. The van der Waals surface area contributed by atoms with E-state index < -0.39 is 0 Å². The van der Waals surface area contributed by atoms with E-state index in [0.717, 1.165) is 30.9 Å². The van der Waals surface area contributed by atoms with Crippen LogP contribution in [0.2, 0.25) is 0 Å². The minimum absolute atomic E-state index is 0.0537. The second kappa shape index (κ2) is 9.97. The monoisotopic (exact) mass is 386 g/mol. The number of amides is 1. The Morgan fingerprint density at radius 2 is 2.15 bits per heavy atom. The Balaban J connectivity index is 1.49. The Morgan fingerprint density at radius 3 is 2.89 bits per heavy atom. The number of ether oxygens (including phenoxy) is 1. The molecule has 1 saturated carbocycles. The molecule has 0 bridgehead atoms. The quantitative estimate of drug-likeness (QED) is 0.458. The van der Waals surface area contributed by atoms with Gasteiger partial charge >= 0.3 is 0 Å². The highest BCUT2D eigenvalue weighted by atomic mass is 32.1. The largest absolute Gasteiger partial charge is 0.484 e. The van der Waals surface area contributed by atoms with E-state index in [0.29, 0.717) is 24.9 Å². The third-order valence-electron chi connectivity index (χ3n) is 4.01. The molecule has 2 aromatic rings. The average Bonchev–Trinajstić information content (AvgIpc) is 3.33. The second-order valence-corrected chi connectivity index (χ2v) is 7.24. The number of nitrogens with one attached hydrogen (secondary N) is 3. The van der Waals surface area contributed by atoms with Crippen LogP contribution in [0.15, 0.2) is 46.1 Å². The summed E-state index contributed by atoms with van der Waals surface area (Å²) in [6.45, 7) is 4.18. The van der Waals surface area contributed by atoms with Gasteiger partial charge in [0.05, 0.1) is 6.54 Å². The highest BCUT2D eigenvalue weighted by Crippen LogP contribution is 2.18. The van der Waals surface area contributed by atoms with Crippen molar-refractivity contribution in [3.63, 3.8) is 0 Å². The molecule has 1 aliphatic carbocycles. The molecule has 7 heteroatoms. The third-order valence-corrected chi connectivity index (χ3v) is 4.75. The van der Waals surface area contributed by atoms with E-state index >= 15 is 0 Å². The summed E-state index contributed by atoms with van der Waals surface area (Å²) >= 11 is 1.68. The van der Waals surface area contributed by atoms with Crippen LogP contribution in [0.5, 0.6) is 5.75 Å². The number of aliphatic imine (C=N–C) groups is 1. The van der Waals surface area contributed by atoms with Crippen LogP contribution in [0.1, 0.15) is 30.9 Å². The van der Waals surface area contributed by atoms with Crippen molar-refractivity contribution in [3.05, 3.63) is 52.2 Å². The molecular formula is C20H26N4O2S. The number of hydrogen-bond acceptors (Lipinski definition) is 4. The molecule has 0 spiro atoms. The molecule has 1 heterocycles. The Bertz CT molecular complexity index is 757. The van der Waals surface area contributed by atoms with Gasteiger partial charge in [0, 0.05) is 19.1 Å². The predicted octanol–water partition coefficient (Wildman–Crippen LogP) is 2.66. The van der Waals surface area contributed by atoms with Crippen molar-refractivity contribution in [2.24, 2.45) is 4.99 Å². The number of hydrogen-bond donors (Lipinski definition) is 3. The number of guanidine groups is 1. The zero-order valence-corrected chi connectivity index (χ0v) is 16.3. The topological polar surface area (TPSA) is 74.8 Å². The van der Waals surface area contributed by atoms with Gasteiger partial charge in [-0.1, -0.05) is 12.1 Å². The molecule has 0 atom stereocenters. The van der Waals surface area contributed by atoms with Crippen molar-refractivity contribution in [1.82, 2.24) is 16.0 Å². The van der Waals surface area contributed by atoms with Crippen LogP contribution >= 0.6 is 11.3 Å². The Labute approximate surface area is 164 Å². The summed E-state index contributed by atoms with van der Waals surface area (Å²) in [4.78, 5) is 16.3. The van der Waals surface area contributed by atoms with Crippen molar-refractivity contribution in [2.45, 2.75) is 38.9 Å². The molecule has 0 saturated heterocycles. The summed E-state index contributed by atoms with van der Waals surface area (Å²) in [7, 11) is 0. The molecule has 6 nitrogen and oxygen atoms in total. The van der Waals surface area contributed by atoms with Crippen molar-refractivity contribution in [1.29, 1.82) is 0 Å². The molecule has 0 aliphatic heterocycles. The maximum absolute atomic E-state index is 11.7. The number of rotatable bonds is 9. The van der Waals surface area contributed by atoms with Crippen molar-refractivity contribution < 1.29 is 9.53 Å². The molecule has 1 amide bonds. The Morgan fingerprint density at radius 1 is 1.26 bits per heavy atom. The van der Waals surface area contributed by atoms with Crippen LogP contribution < -0.4 is 20.7 Å². The zero-order chi connectivity index (χ0) is 18.9. The lowest BCUT2D eigenvalue weighted by molar-refractivity contribution is -0.123. The first-order chi connectivity index (χ1) is 13.2. The van der Waals surface area contributed by atoms with Crippen LogP contribution in [-0.4, -0.2) is 31.1 Å². The molecule has 3 rings (SSSR count). The molecule has 27 heavy (non-hydrogen) atoms. The van der Waals surface area contributed by atoms with Crippen molar-refractivity contribution in [3.8, 4) is 5.75 Å². The summed E-state index contributed by atoms with van der Waals surface area (Å²) in [5, 5.41) is 13.7. The molecule has 1 aromatic heterocycles. The number of thiophene rings is 1. The highest BCUT2D eigenvalue weighted by molar-refractivity contribution is 7.07. The summed E-state index contributed by atoms with van der Waals surface area (Å²) in [6, 6.07) is 10.2. The molecule has 3 N–H and O–H groups in total. The van der Waals surface area contributed by atoms with Gasteiger partial charge in [-0.15, -0.1) is 0 Å². The van der Waals surface area contributed by atoms with Crippen LogP contribution in [-0.2, 0) is 17.9 Å². The normalized spacial score (nSPS) is 13.9. The van der Waals surface area contributed by atoms with Gasteiger partial charge in [0.2, 0.25) is 0 Å². The van der Waals surface area contributed by atoms with Gasteiger partial charge in [0.15, 0.2) is 12.6 Å². The molecule has 0 radical (unpaired) electrons. The molecule has 0 unspecified atom stereocenters. The highest BCUT2D eigenvalue weighted by Gasteiger charge is 2.23. The fourth-order valence-corrected chi connectivity index (χ4v) is 3.13. The van der Waals surface area contributed by atoms with E-state index in [1.165, 1.54) is 5.56 Å². The first kappa shape index (κ1) is 19.2. The number of carbonyl (C=O) groups excluding carboxylic acids is 1. The molecular weight excluding hydrogens is 360 g/mol. The summed E-state index contributed by atoms with van der Waals surface area (Å²) < 4.78 is 5.60. The summed E-state index contributed by atoms with van der Waals surface area (Å²) in [5.41, 5.74) is 2.27. The van der Waals surface area contributed by atoms with Gasteiger partial charge < -0.3 is 20.7 Å². The van der Waals surface area contributed by atoms with Gasteiger partial charge in [-0.05, 0) is 59.9 Å². The van der Waals surface area contributed by atoms with E-state index in [4.69, 9.17) is 4.74 Å². The molecule has 1 fully saturated rings.